The van der Waals surface area contributed by atoms with E-state index in [4.69, 9.17) is 15.6 Å². The summed E-state index contributed by atoms with van der Waals surface area (Å²) in [6.45, 7) is 3.54. The molecule has 3 aromatic rings. The lowest BCUT2D eigenvalue weighted by molar-refractivity contribution is -0.275. The minimum atomic E-state index is -4.99. The molecule has 0 aliphatic rings. The molecular weight excluding hydrogens is 509 g/mol. The summed E-state index contributed by atoms with van der Waals surface area (Å²) in [7, 11) is 0. The molecule has 0 aliphatic heterocycles. The summed E-state index contributed by atoms with van der Waals surface area (Å²) >= 11 is 0. The number of alkyl halides is 3. The van der Waals surface area contributed by atoms with Gasteiger partial charge in [-0.2, -0.15) is 5.10 Å². The SMILES string of the molecule is CC(C)(Cc1ccc(CC(=O)O)cc1OC(F)(F)F)OC(=O)c1cn(CCCCc2ccc(N)nn2)nn1. The molecule has 38 heavy (non-hydrogen) atoms. The van der Waals surface area contributed by atoms with Crippen molar-refractivity contribution in [2.24, 2.45) is 0 Å². The van der Waals surface area contributed by atoms with Gasteiger partial charge in [0.1, 0.15) is 17.2 Å². The Labute approximate surface area is 215 Å². The number of nitrogens with zero attached hydrogens (tertiary/aromatic N) is 5. The smallest absolute Gasteiger partial charge is 0.481 e. The summed E-state index contributed by atoms with van der Waals surface area (Å²) in [6, 6.07) is 7.20. The maximum Gasteiger partial charge on any atom is 0.573 e. The van der Waals surface area contributed by atoms with Crippen LogP contribution in [-0.2, 0) is 35.3 Å². The maximum absolute atomic E-state index is 12.9. The second-order valence-electron chi connectivity index (χ2n) is 9.16. The predicted octanol–water partition coefficient (Wildman–Crippen LogP) is 3.38. The van der Waals surface area contributed by atoms with Gasteiger partial charge in [0, 0.05) is 13.0 Å². The molecule has 2 aromatic heterocycles. The molecule has 0 saturated heterocycles. The Kier molecular flexibility index (Phi) is 8.86. The lowest BCUT2D eigenvalue weighted by Gasteiger charge is -2.26. The van der Waals surface area contributed by atoms with Gasteiger partial charge in [-0.3, -0.25) is 9.48 Å². The Bertz CT molecular complexity index is 1260. The second-order valence-corrected chi connectivity index (χ2v) is 9.16. The summed E-state index contributed by atoms with van der Waals surface area (Å²) in [5.74, 6) is -2.20. The number of unbranched alkanes of at least 4 members (excludes halogenated alkanes) is 1. The molecule has 204 valence electrons. The molecule has 0 unspecified atom stereocenters. The maximum atomic E-state index is 12.9. The predicted molar refractivity (Wildman–Crippen MR) is 127 cm³/mol. The average Bonchev–Trinajstić information content (AvgIpc) is 3.27. The van der Waals surface area contributed by atoms with E-state index in [2.05, 4.69) is 25.2 Å². The summed E-state index contributed by atoms with van der Waals surface area (Å²) in [5, 5.41) is 24.5. The van der Waals surface area contributed by atoms with E-state index in [-0.39, 0.29) is 23.2 Å². The highest BCUT2D eigenvalue weighted by Crippen LogP contribution is 2.31. The number of carboxylic acid groups (broad SMARTS) is 1. The fraction of sp³-hybridized carbons (Fsp3) is 0.417. The number of carbonyl (C=O) groups excluding carboxylic acids is 1. The number of benzene rings is 1. The number of hydrogen-bond acceptors (Lipinski definition) is 9. The van der Waals surface area contributed by atoms with Crippen molar-refractivity contribution in [2.45, 2.75) is 64.5 Å². The van der Waals surface area contributed by atoms with Crippen molar-refractivity contribution in [2.75, 3.05) is 5.73 Å². The number of hydrogen-bond donors (Lipinski definition) is 2. The Morgan fingerprint density at radius 2 is 1.84 bits per heavy atom. The Balaban J connectivity index is 1.58. The first-order valence-electron chi connectivity index (χ1n) is 11.6. The third-order valence-corrected chi connectivity index (χ3v) is 5.26. The third kappa shape index (κ3) is 9.01. The van der Waals surface area contributed by atoms with Gasteiger partial charge in [0.05, 0.1) is 18.3 Å². The van der Waals surface area contributed by atoms with Gasteiger partial charge in [-0.05, 0) is 62.4 Å². The molecule has 1 aromatic carbocycles. The molecule has 0 bridgehead atoms. The van der Waals surface area contributed by atoms with Crippen molar-refractivity contribution in [3.05, 3.63) is 59.0 Å². The molecule has 3 N–H and O–H groups in total. The van der Waals surface area contributed by atoms with E-state index in [1.54, 1.807) is 12.1 Å². The van der Waals surface area contributed by atoms with E-state index in [0.717, 1.165) is 24.6 Å². The van der Waals surface area contributed by atoms with E-state index in [9.17, 15) is 22.8 Å². The van der Waals surface area contributed by atoms with Crippen LogP contribution in [-0.4, -0.2) is 54.2 Å². The zero-order valence-electron chi connectivity index (χ0n) is 20.7. The molecule has 14 heteroatoms. The summed E-state index contributed by atoms with van der Waals surface area (Å²) in [6.07, 6.45) is -1.95. The highest BCUT2D eigenvalue weighted by atomic mass is 19.4. The molecule has 0 atom stereocenters. The normalized spacial score (nSPS) is 11.8. The van der Waals surface area contributed by atoms with Crippen LogP contribution in [0.3, 0.4) is 0 Å². The van der Waals surface area contributed by atoms with Crippen LogP contribution in [0.4, 0.5) is 19.0 Å². The van der Waals surface area contributed by atoms with E-state index in [0.29, 0.717) is 18.8 Å². The number of halogens is 3. The Hall–Kier alpha value is -4.23. The molecule has 0 amide bonds. The van der Waals surface area contributed by atoms with E-state index in [1.807, 2.05) is 0 Å². The van der Waals surface area contributed by atoms with Crippen LogP contribution in [0.1, 0.15) is 54.0 Å². The van der Waals surface area contributed by atoms with Gasteiger partial charge < -0.3 is 20.3 Å². The summed E-state index contributed by atoms with van der Waals surface area (Å²) in [4.78, 5) is 23.6. The first-order chi connectivity index (χ1) is 17.8. The number of esters is 1. The fourth-order valence-electron chi connectivity index (χ4n) is 3.63. The van der Waals surface area contributed by atoms with Crippen molar-refractivity contribution < 1.29 is 37.3 Å². The number of aliphatic carboxylic acids is 1. The summed E-state index contributed by atoms with van der Waals surface area (Å²) < 4.78 is 49.9. The number of rotatable bonds is 12. The van der Waals surface area contributed by atoms with Crippen LogP contribution in [0.5, 0.6) is 5.75 Å². The van der Waals surface area contributed by atoms with Gasteiger partial charge in [0.15, 0.2) is 5.69 Å². The lowest BCUT2D eigenvalue weighted by Crippen LogP contribution is -2.31. The van der Waals surface area contributed by atoms with E-state index >= 15 is 0 Å². The number of anilines is 1. The lowest BCUT2D eigenvalue weighted by atomic mass is 9.96. The molecule has 11 nitrogen and oxygen atoms in total. The van der Waals surface area contributed by atoms with Crippen LogP contribution in [0.15, 0.2) is 36.5 Å². The molecule has 0 spiro atoms. The zero-order valence-corrected chi connectivity index (χ0v) is 20.7. The molecular formula is C24H27F3N6O5. The van der Waals surface area contributed by atoms with E-state index in [1.165, 1.54) is 36.9 Å². The third-order valence-electron chi connectivity index (χ3n) is 5.26. The van der Waals surface area contributed by atoms with Gasteiger partial charge in [-0.15, -0.1) is 23.4 Å². The largest absolute Gasteiger partial charge is 0.573 e. The van der Waals surface area contributed by atoms with Crippen molar-refractivity contribution >= 4 is 17.8 Å². The summed E-state index contributed by atoms with van der Waals surface area (Å²) in [5.41, 5.74) is 5.24. The number of carboxylic acids is 1. The first kappa shape index (κ1) is 28.3. The molecule has 3 rings (SSSR count). The molecule has 0 fully saturated rings. The Morgan fingerprint density at radius 1 is 1.08 bits per heavy atom. The number of aryl methyl sites for hydroxylation is 2. The van der Waals surface area contributed by atoms with Crippen LogP contribution in [0.25, 0.3) is 0 Å². The van der Waals surface area contributed by atoms with Gasteiger partial charge >= 0.3 is 18.3 Å². The average molecular weight is 537 g/mol. The van der Waals surface area contributed by atoms with Crippen LogP contribution in [0.2, 0.25) is 0 Å². The van der Waals surface area contributed by atoms with Gasteiger partial charge in [0.2, 0.25) is 0 Å². The zero-order chi connectivity index (χ0) is 27.9. The number of nitrogen functional groups attached to an aromatic ring is 1. The van der Waals surface area contributed by atoms with Crippen LogP contribution < -0.4 is 10.5 Å². The molecule has 0 radical (unpaired) electrons. The van der Waals surface area contributed by atoms with Gasteiger partial charge in [-0.25, -0.2) is 4.79 Å². The second kappa shape index (κ2) is 11.9. The quantitative estimate of drug-likeness (QED) is 0.260. The number of carbonyl (C=O) groups is 2. The van der Waals surface area contributed by atoms with Crippen molar-refractivity contribution in [1.82, 2.24) is 25.2 Å². The van der Waals surface area contributed by atoms with Gasteiger partial charge in [0.25, 0.3) is 0 Å². The minimum Gasteiger partial charge on any atom is -0.481 e. The number of nitrogens with two attached hydrogens (primary N) is 1. The molecule has 2 heterocycles. The van der Waals surface area contributed by atoms with Crippen LogP contribution in [0, 0.1) is 0 Å². The monoisotopic (exact) mass is 536 g/mol. The van der Waals surface area contributed by atoms with Crippen LogP contribution >= 0.6 is 0 Å². The van der Waals surface area contributed by atoms with Crippen molar-refractivity contribution in [3.63, 3.8) is 0 Å². The first-order valence-corrected chi connectivity index (χ1v) is 11.6. The topological polar surface area (TPSA) is 155 Å². The highest BCUT2D eigenvalue weighted by Gasteiger charge is 2.34. The molecule has 0 saturated carbocycles. The number of ether oxygens (including phenoxy) is 2. The fourth-order valence-corrected chi connectivity index (χ4v) is 3.63. The standard InChI is InChI=1S/C24H27F3N6O5/c1-23(2,13-16-7-6-15(12-21(34)35)11-19(16)37-24(25,26)27)38-22(36)18-14-33(32-30-18)10-4-3-5-17-8-9-20(28)31-29-17/h6-9,11,14H,3-5,10,12-13H2,1-2H3,(H2,28,31)(H,34,35). The Morgan fingerprint density at radius 3 is 2.50 bits per heavy atom. The van der Waals surface area contributed by atoms with E-state index < -0.39 is 36.1 Å². The van der Waals surface area contributed by atoms with Crippen molar-refractivity contribution in [1.29, 1.82) is 0 Å². The highest BCUT2D eigenvalue weighted by molar-refractivity contribution is 5.87. The minimum absolute atomic E-state index is 0.0500. The van der Waals surface area contributed by atoms with Crippen molar-refractivity contribution in [3.8, 4) is 5.75 Å². The molecule has 0 aliphatic carbocycles. The number of aromatic nitrogens is 5. The van der Waals surface area contributed by atoms with Gasteiger partial charge in [-0.1, -0.05) is 17.3 Å².